The van der Waals surface area contributed by atoms with Crippen molar-refractivity contribution >= 4 is 0 Å². The van der Waals surface area contributed by atoms with Crippen LogP contribution >= 0.6 is 0 Å². The molecule has 0 N–H and O–H groups in total. The summed E-state index contributed by atoms with van der Waals surface area (Å²) in [5, 5.41) is 0. The normalized spacial score (nSPS) is 33.3. The van der Waals surface area contributed by atoms with Gasteiger partial charge in [0.05, 0.1) is 0 Å². The Morgan fingerprint density at radius 3 is 1.36 bits per heavy atom. The zero-order valence-corrected chi connectivity index (χ0v) is 20.1. The smallest absolute Gasteiger partial charge is 0.0445 e. The molecule has 8 aliphatic rings. The Kier molecular flexibility index (Phi) is 3.25. The molecule has 0 atom stereocenters. The molecule has 8 rings (SSSR count). The summed E-state index contributed by atoms with van der Waals surface area (Å²) in [6.45, 7) is 9.45. The average Bonchev–Trinajstić information content (AvgIpc) is 3.62. The topological polar surface area (TPSA) is 0 Å². The van der Waals surface area contributed by atoms with Crippen molar-refractivity contribution < 1.29 is 0 Å². The fraction of sp³-hybridized carbons (Fsp3) is 0.333. The molecule has 162 valence electrons. The summed E-state index contributed by atoms with van der Waals surface area (Å²) in [5.74, 6) is 0.938. The molecule has 33 heavy (non-hydrogen) atoms. The van der Waals surface area contributed by atoms with Crippen molar-refractivity contribution in [3.63, 3.8) is 0 Å². The van der Waals surface area contributed by atoms with Crippen LogP contribution in [0.25, 0.3) is 0 Å². The number of rotatable bonds is 4. The zero-order valence-electron chi connectivity index (χ0n) is 20.1. The maximum atomic E-state index is 2.50. The number of hydrogen-bond donors (Lipinski definition) is 0. The van der Waals surface area contributed by atoms with E-state index in [-0.39, 0.29) is 5.41 Å². The summed E-state index contributed by atoms with van der Waals surface area (Å²) in [4.78, 5) is 0. The van der Waals surface area contributed by atoms with E-state index < -0.39 is 0 Å². The van der Waals surface area contributed by atoms with Gasteiger partial charge in [0, 0.05) is 17.3 Å². The third-order valence-corrected chi connectivity index (χ3v) is 9.89. The number of allylic oxidation sites excluding steroid dienone is 22. The Morgan fingerprint density at radius 1 is 0.515 bits per heavy atom. The van der Waals surface area contributed by atoms with E-state index >= 15 is 0 Å². The first-order chi connectivity index (χ1) is 16.2. The van der Waals surface area contributed by atoms with Gasteiger partial charge in [-0.1, -0.05) is 76.3 Å². The highest BCUT2D eigenvalue weighted by atomic mass is 14.7. The SMILES string of the molecule is CCC1=C2C=CC3=C2C24C5=C(C=CC5=C(CC)C5=CC=C1C52)C(CC)=C1C=CC(=C3CC)C14. The highest BCUT2D eigenvalue weighted by Gasteiger charge is 2.66. The second kappa shape index (κ2) is 5.79. The van der Waals surface area contributed by atoms with E-state index in [9.17, 15) is 0 Å². The quantitative estimate of drug-likeness (QED) is 0.424. The molecule has 0 aliphatic heterocycles. The Hall–Kier alpha value is -2.86. The maximum Gasteiger partial charge on any atom is 0.0445 e. The lowest BCUT2D eigenvalue weighted by Crippen LogP contribution is -2.51. The van der Waals surface area contributed by atoms with Crippen molar-refractivity contribution in [3.05, 3.63) is 127 Å². The third kappa shape index (κ3) is 1.68. The number of hydrogen-bond acceptors (Lipinski definition) is 0. The molecule has 0 saturated carbocycles. The minimum atomic E-state index is 0.0271. The highest BCUT2D eigenvalue weighted by molar-refractivity contribution is 5.87. The lowest BCUT2D eigenvalue weighted by molar-refractivity contribution is 0.258. The van der Waals surface area contributed by atoms with Crippen molar-refractivity contribution in [2.75, 3.05) is 0 Å². The van der Waals surface area contributed by atoms with Crippen molar-refractivity contribution in [3.8, 4) is 0 Å². The van der Waals surface area contributed by atoms with Crippen LogP contribution in [0.15, 0.2) is 127 Å². The van der Waals surface area contributed by atoms with Crippen molar-refractivity contribution in [1.82, 2.24) is 0 Å². The molecule has 0 fully saturated rings. The van der Waals surface area contributed by atoms with Gasteiger partial charge in [0.2, 0.25) is 0 Å². The van der Waals surface area contributed by atoms with Gasteiger partial charge in [-0.05, 0) is 104 Å². The lowest BCUT2D eigenvalue weighted by Gasteiger charge is -2.59. The van der Waals surface area contributed by atoms with Gasteiger partial charge in [-0.15, -0.1) is 0 Å². The minimum Gasteiger partial charge on any atom is -0.0613 e. The van der Waals surface area contributed by atoms with Crippen molar-refractivity contribution in [2.45, 2.75) is 53.4 Å². The first-order valence-corrected chi connectivity index (χ1v) is 13.1. The van der Waals surface area contributed by atoms with Gasteiger partial charge in [0.15, 0.2) is 0 Å². The van der Waals surface area contributed by atoms with Crippen LogP contribution in [0.2, 0.25) is 0 Å². The maximum absolute atomic E-state index is 2.50. The Morgan fingerprint density at radius 2 is 0.939 bits per heavy atom. The average molecular weight is 427 g/mol. The molecule has 0 radical (unpaired) electrons. The summed E-state index contributed by atoms with van der Waals surface area (Å²) >= 11 is 0. The molecule has 0 nitrogen and oxygen atoms in total. The van der Waals surface area contributed by atoms with Crippen LogP contribution in [-0.4, -0.2) is 0 Å². The van der Waals surface area contributed by atoms with E-state index in [2.05, 4.69) is 76.3 Å². The Bertz CT molecular complexity index is 1360. The van der Waals surface area contributed by atoms with E-state index in [1.54, 1.807) is 78.0 Å². The van der Waals surface area contributed by atoms with Crippen molar-refractivity contribution in [1.29, 1.82) is 0 Å². The monoisotopic (exact) mass is 426 g/mol. The second-order valence-corrected chi connectivity index (χ2v) is 10.6. The standard InChI is InChI=1S/C33H30/c1-5-17-21-9-11-23-18(6-2)25-13-15-27-20(8-4)28-16-14-26-19(7-3)24-12-10-22(17)30(24)33(29(21)23,31(25)27)32(26)28/h9-16,29,32H,5-8H2,1-4H3. The minimum absolute atomic E-state index is 0.0271. The largest absolute Gasteiger partial charge is 0.0613 e. The molecular weight excluding hydrogens is 396 g/mol. The van der Waals surface area contributed by atoms with Gasteiger partial charge in [0.25, 0.3) is 0 Å². The van der Waals surface area contributed by atoms with Crippen LogP contribution in [0.5, 0.6) is 0 Å². The predicted molar refractivity (Wildman–Crippen MR) is 136 cm³/mol. The lowest BCUT2D eigenvalue weighted by atomic mass is 9.42. The van der Waals surface area contributed by atoms with E-state index in [4.69, 9.17) is 0 Å². The summed E-state index contributed by atoms with van der Waals surface area (Å²) in [6.07, 6.45) is 24.4. The third-order valence-electron chi connectivity index (χ3n) is 9.89. The summed E-state index contributed by atoms with van der Waals surface area (Å²) in [7, 11) is 0. The fourth-order valence-electron chi connectivity index (χ4n) is 9.08. The zero-order chi connectivity index (χ0) is 22.2. The van der Waals surface area contributed by atoms with Crippen LogP contribution in [0.3, 0.4) is 0 Å². The Labute approximate surface area is 197 Å². The molecule has 1 spiro atoms. The van der Waals surface area contributed by atoms with Crippen LogP contribution in [0.4, 0.5) is 0 Å². The molecule has 0 heteroatoms. The molecule has 0 saturated heterocycles. The second-order valence-electron chi connectivity index (χ2n) is 10.6. The van der Waals surface area contributed by atoms with Gasteiger partial charge in [-0.2, -0.15) is 0 Å². The first-order valence-electron chi connectivity index (χ1n) is 13.1. The van der Waals surface area contributed by atoms with Crippen LogP contribution in [-0.2, 0) is 0 Å². The van der Waals surface area contributed by atoms with Crippen LogP contribution < -0.4 is 0 Å². The van der Waals surface area contributed by atoms with Gasteiger partial charge in [-0.25, -0.2) is 0 Å². The van der Waals surface area contributed by atoms with Gasteiger partial charge < -0.3 is 0 Å². The summed E-state index contributed by atoms with van der Waals surface area (Å²) in [5.41, 5.74) is 22.5. The molecule has 0 amide bonds. The molecular formula is C33H30. The van der Waals surface area contributed by atoms with Crippen LogP contribution in [0, 0.1) is 17.3 Å². The Balaban J connectivity index is 1.62. The van der Waals surface area contributed by atoms with Gasteiger partial charge in [0.1, 0.15) is 0 Å². The predicted octanol–water partition coefficient (Wildman–Crippen LogP) is 8.26. The van der Waals surface area contributed by atoms with Crippen LogP contribution in [0.1, 0.15) is 53.4 Å². The fourth-order valence-corrected chi connectivity index (χ4v) is 9.08. The molecule has 0 aromatic heterocycles. The molecule has 0 bridgehead atoms. The molecule has 0 unspecified atom stereocenters. The first kappa shape index (κ1) is 18.6. The van der Waals surface area contributed by atoms with Crippen molar-refractivity contribution in [2.24, 2.45) is 17.3 Å². The molecule has 0 aromatic rings. The summed E-state index contributed by atoms with van der Waals surface area (Å²) < 4.78 is 0. The van der Waals surface area contributed by atoms with E-state index in [1.165, 1.54) is 0 Å². The van der Waals surface area contributed by atoms with E-state index in [0.717, 1.165) is 25.7 Å². The molecule has 8 aliphatic carbocycles. The van der Waals surface area contributed by atoms with E-state index in [0.29, 0.717) is 11.8 Å². The molecule has 0 heterocycles. The summed E-state index contributed by atoms with van der Waals surface area (Å²) in [6, 6.07) is 0. The highest BCUT2D eigenvalue weighted by Crippen LogP contribution is 2.76. The van der Waals surface area contributed by atoms with Gasteiger partial charge >= 0.3 is 0 Å². The van der Waals surface area contributed by atoms with Gasteiger partial charge in [-0.3, -0.25) is 0 Å². The van der Waals surface area contributed by atoms with E-state index in [1.807, 2.05) is 0 Å². The molecule has 0 aromatic carbocycles.